The maximum Gasteiger partial charge on any atom is 0.119 e. The van der Waals surface area contributed by atoms with Gasteiger partial charge in [0.2, 0.25) is 0 Å². The highest BCUT2D eigenvalue weighted by molar-refractivity contribution is 5.45. The van der Waals surface area contributed by atoms with Crippen molar-refractivity contribution in [1.29, 1.82) is 0 Å². The second-order valence-corrected chi connectivity index (χ2v) is 6.79. The van der Waals surface area contributed by atoms with Crippen molar-refractivity contribution in [2.45, 2.75) is 39.5 Å². The summed E-state index contributed by atoms with van der Waals surface area (Å²) in [4.78, 5) is 0. The van der Waals surface area contributed by atoms with E-state index in [0.717, 1.165) is 35.8 Å². The number of benzene rings is 2. The van der Waals surface area contributed by atoms with Crippen molar-refractivity contribution in [2.24, 2.45) is 16.1 Å². The predicted octanol–water partition coefficient (Wildman–Crippen LogP) is 6.28. The van der Waals surface area contributed by atoms with Gasteiger partial charge in [-0.3, -0.25) is 0 Å². The van der Waals surface area contributed by atoms with Crippen molar-refractivity contribution < 1.29 is 4.74 Å². The maximum atomic E-state index is 5.94. The Labute approximate surface area is 166 Å². The number of aromatic nitrogens is 3. The van der Waals surface area contributed by atoms with Crippen molar-refractivity contribution in [1.82, 2.24) is 15.0 Å². The third-order valence-electron chi connectivity index (χ3n) is 4.68. The van der Waals surface area contributed by atoms with E-state index < -0.39 is 0 Å². The second-order valence-electron chi connectivity index (χ2n) is 6.79. The molecule has 3 rings (SSSR count). The molecule has 28 heavy (non-hydrogen) atoms. The van der Waals surface area contributed by atoms with Gasteiger partial charge in [0, 0.05) is 0 Å². The highest BCUT2D eigenvalue weighted by Crippen LogP contribution is 2.23. The Morgan fingerprint density at radius 3 is 2.21 bits per heavy atom. The van der Waals surface area contributed by atoms with Gasteiger partial charge in [-0.05, 0) is 60.9 Å². The van der Waals surface area contributed by atoms with E-state index in [1.54, 1.807) is 17.1 Å². The molecular weight excluding hydrogens is 350 g/mol. The number of unbranched alkanes of at least 4 members (excludes halogenated alkanes) is 1. The van der Waals surface area contributed by atoms with Gasteiger partial charge in [0.25, 0.3) is 0 Å². The lowest BCUT2D eigenvalue weighted by Gasteiger charge is -2.15. The molecule has 1 heterocycles. The van der Waals surface area contributed by atoms with Crippen LogP contribution in [0.15, 0.2) is 71.2 Å². The predicted molar refractivity (Wildman–Crippen MR) is 111 cm³/mol. The SMILES string of the molecule is CCCCC(CC)COc1ccc(/N=N/c2ccc(-n3ccnn3)cc2)cc1. The second kappa shape index (κ2) is 10.3. The minimum atomic E-state index is 0.625. The first-order valence-corrected chi connectivity index (χ1v) is 9.90. The van der Waals surface area contributed by atoms with E-state index in [9.17, 15) is 0 Å². The van der Waals surface area contributed by atoms with Gasteiger partial charge in [0.1, 0.15) is 5.75 Å². The van der Waals surface area contributed by atoms with Crippen molar-refractivity contribution in [3.05, 3.63) is 60.9 Å². The van der Waals surface area contributed by atoms with E-state index in [2.05, 4.69) is 34.4 Å². The van der Waals surface area contributed by atoms with Crippen LogP contribution in [0.2, 0.25) is 0 Å². The zero-order valence-electron chi connectivity index (χ0n) is 16.5. The molecule has 6 heteroatoms. The normalized spacial score (nSPS) is 12.4. The van der Waals surface area contributed by atoms with Crippen LogP contribution >= 0.6 is 0 Å². The lowest BCUT2D eigenvalue weighted by molar-refractivity contribution is 0.233. The standard InChI is InChI=1S/C22H27N5O/c1-3-5-6-18(4-2)17-28-22-13-9-20(10-14-22)25-24-19-7-11-21(12-8-19)27-16-15-23-26-27/h7-16,18H,3-6,17H2,1-2H3/b25-24+. The fourth-order valence-electron chi connectivity index (χ4n) is 2.85. The Morgan fingerprint density at radius 2 is 1.64 bits per heavy atom. The summed E-state index contributed by atoms with van der Waals surface area (Å²) in [6.45, 7) is 5.23. The van der Waals surface area contributed by atoms with E-state index in [0.29, 0.717) is 5.92 Å². The Balaban J connectivity index is 1.53. The molecule has 1 aromatic heterocycles. The summed E-state index contributed by atoms with van der Waals surface area (Å²) in [5, 5.41) is 16.4. The number of nitrogens with zero attached hydrogens (tertiary/aromatic N) is 5. The summed E-state index contributed by atoms with van der Waals surface area (Å²) >= 11 is 0. The largest absolute Gasteiger partial charge is 0.493 e. The first-order chi connectivity index (χ1) is 13.8. The summed E-state index contributed by atoms with van der Waals surface area (Å²) in [6.07, 6.45) is 8.33. The molecule has 1 unspecified atom stereocenters. The van der Waals surface area contributed by atoms with Gasteiger partial charge in [-0.25, -0.2) is 4.68 Å². The number of hydrogen-bond donors (Lipinski definition) is 0. The Bertz CT molecular complexity index is 842. The molecule has 0 aliphatic rings. The Hall–Kier alpha value is -3.02. The summed E-state index contributed by atoms with van der Waals surface area (Å²) in [5.41, 5.74) is 2.51. The molecule has 0 spiro atoms. The average molecular weight is 377 g/mol. The van der Waals surface area contributed by atoms with Crippen molar-refractivity contribution >= 4 is 11.4 Å². The first-order valence-electron chi connectivity index (χ1n) is 9.90. The highest BCUT2D eigenvalue weighted by Gasteiger charge is 2.07. The van der Waals surface area contributed by atoms with Crippen LogP contribution in [0.1, 0.15) is 39.5 Å². The Kier molecular flexibility index (Phi) is 7.29. The molecule has 2 aromatic carbocycles. The molecule has 0 saturated heterocycles. The number of rotatable bonds is 10. The van der Waals surface area contributed by atoms with Gasteiger partial charge < -0.3 is 4.74 Å². The van der Waals surface area contributed by atoms with Crippen molar-refractivity contribution in [2.75, 3.05) is 6.61 Å². The molecule has 0 fully saturated rings. The molecule has 0 N–H and O–H groups in total. The van der Waals surface area contributed by atoms with E-state index >= 15 is 0 Å². The molecule has 0 bridgehead atoms. The zero-order valence-corrected chi connectivity index (χ0v) is 16.5. The summed E-state index contributed by atoms with van der Waals surface area (Å²) in [6, 6.07) is 15.4. The van der Waals surface area contributed by atoms with Gasteiger partial charge in [-0.2, -0.15) is 10.2 Å². The van der Waals surface area contributed by atoms with Gasteiger partial charge in [0.05, 0.1) is 36.1 Å². The minimum Gasteiger partial charge on any atom is -0.493 e. The van der Waals surface area contributed by atoms with Crippen LogP contribution < -0.4 is 4.74 Å². The number of ether oxygens (including phenoxy) is 1. The first kappa shape index (κ1) is 19.7. The molecule has 0 saturated carbocycles. The lowest BCUT2D eigenvalue weighted by atomic mass is 10.0. The molecule has 1 atom stereocenters. The monoisotopic (exact) mass is 377 g/mol. The van der Waals surface area contributed by atoms with Crippen LogP contribution in [0.5, 0.6) is 5.75 Å². The molecule has 6 nitrogen and oxygen atoms in total. The summed E-state index contributed by atoms with van der Waals surface area (Å²) in [7, 11) is 0. The topological polar surface area (TPSA) is 64.7 Å². The van der Waals surface area contributed by atoms with Crippen LogP contribution in [0, 0.1) is 5.92 Å². The molecule has 0 amide bonds. The number of azo groups is 1. The fourth-order valence-corrected chi connectivity index (χ4v) is 2.85. The zero-order chi connectivity index (χ0) is 19.6. The van der Waals surface area contributed by atoms with Crippen molar-refractivity contribution in [3.8, 4) is 11.4 Å². The summed E-state index contributed by atoms with van der Waals surface area (Å²) < 4.78 is 7.64. The average Bonchev–Trinajstić information content (AvgIpc) is 3.28. The van der Waals surface area contributed by atoms with E-state index in [4.69, 9.17) is 4.74 Å². The van der Waals surface area contributed by atoms with Gasteiger partial charge in [-0.1, -0.05) is 38.3 Å². The van der Waals surface area contributed by atoms with Crippen LogP contribution in [-0.4, -0.2) is 21.6 Å². The molecule has 0 radical (unpaired) electrons. The molecular formula is C22H27N5O. The van der Waals surface area contributed by atoms with Crippen LogP contribution in [0.4, 0.5) is 11.4 Å². The fraction of sp³-hybridized carbons (Fsp3) is 0.364. The third-order valence-corrected chi connectivity index (χ3v) is 4.68. The Morgan fingerprint density at radius 1 is 0.964 bits per heavy atom. The van der Waals surface area contributed by atoms with Gasteiger partial charge in [0.15, 0.2) is 0 Å². The van der Waals surface area contributed by atoms with Crippen molar-refractivity contribution in [3.63, 3.8) is 0 Å². The smallest absolute Gasteiger partial charge is 0.119 e. The molecule has 3 aromatic rings. The molecule has 0 aliphatic heterocycles. The van der Waals surface area contributed by atoms with Gasteiger partial charge >= 0.3 is 0 Å². The highest BCUT2D eigenvalue weighted by atomic mass is 16.5. The van der Waals surface area contributed by atoms with Crippen LogP contribution in [-0.2, 0) is 0 Å². The van der Waals surface area contributed by atoms with Crippen LogP contribution in [0.3, 0.4) is 0 Å². The van der Waals surface area contributed by atoms with Gasteiger partial charge in [-0.15, -0.1) is 5.10 Å². The lowest BCUT2D eigenvalue weighted by Crippen LogP contribution is -2.11. The molecule has 0 aliphatic carbocycles. The molecule has 146 valence electrons. The van der Waals surface area contributed by atoms with E-state index in [-0.39, 0.29) is 0 Å². The van der Waals surface area contributed by atoms with Crippen LogP contribution in [0.25, 0.3) is 5.69 Å². The number of hydrogen-bond acceptors (Lipinski definition) is 5. The minimum absolute atomic E-state index is 0.625. The summed E-state index contributed by atoms with van der Waals surface area (Å²) in [5.74, 6) is 1.51. The third kappa shape index (κ3) is 5.74. The van der Waals surface area contributed by atoms with E-state index in [1.165, 1.54) is 19.3 Å². The maximum absolute atomic E-state index is 5.94. The quantitative estimate of drug-likeness (QED) is 0.391. The van der Waals surface area contributed by atoms with E-state index in [1.807, 2.05) is 48.5 Å².